The van der Waals surface area contributed by atoms with Crippen LogP contribution >= 0.6 is 11.6 Å². The minimum Gasteiger partial charge on any atom is -0.366 e. The number of aliphatic imine (C=N–C) groups is 1. The molecule has 1 aliphatic heterocycles. The highest BCUT2D eigenvalue weighted by atomic mass is 35.5. The Kier molecular flexibility index (Phi) is 4.92. The maximum atomic E-state index is 13.3. The fraction of sp³-hybridized carbons (Fsp3) is 0.222. The summed E-state index contributed by atoms with van der Waals surface area (Å²) in [6.45, 7) is 2.79. The van der Waals surface area contributed by atoms with Gasteiger partial charge in [-0.2, -0.15) is 4.36 Å². The molecule has 5 nitrogen and oxygen atoms in total. The van der Waals surface area contributed by atoms with Crippen LogP contribution in [0.15, 0.2) is 56.7 Å². The van der Waals surface area contributed by atoms with Gasteiger partial charge in [0.15, 0.2) is 0 Å². The summed E-state index contributed by atoms with van der Waals surface area (Å²) in [4.78, 5) is 18.9. The largest absolute Gasteiger partial charge is 0.366 e. The summed E-state index contributed by atoms with van der Waals surface area (Å²) in [7, 11) is -0.975. The van der Waals surface area contributed by atoms with Crippen molar-refractivity contribution in [1.29, 1.82) is 0 Å². The molecule has 2 aromatic carbocycles. The van der Waals surface area contributed by atoms with E-state index in [1.165, 1.54) is 0 Å². The molecule has 0 saturated carbocycles. The molecule has 1 unspecified atom stereocenters. The first kappa shape index (κ1) is 17.6. The molecular weight excluding hydrogens is 358 g/mol. The normalized spacial score (nSPS) is 19.1. The van der Waals surface area contributed by atoms with E-state index in [0.29, 0.717) is 10.6 Å². The highest BCUT2D eigenvalue weighted by Crippen LogP contribution is 2.39. The first-order valence-corrected chi connectivity index (χ1v) is 9.91. The number of carbonyl (C=O) groups excluding carboxylic acids is 1. The Morgan fingerprint density at radius 3 is 2.64 bits per heavy atom. The third-order valence-electron chi connectivity index (χ3n) is 3.97. The fourth-order valence-corrected chi connectivity index (χ4v) is 4.95. The summed E-state index contributed by atoms with van der Waals surface area (Å²) < 4.78 is 17.2. The number of hydrogen-bond donors (Lipinski definition) is 0. The fourth-order valence-electron chi connectivity index (χ4n) is 2.49. The zero-order valence-electron chi connectivity index (χ0n) is 14.0. The quantitative estimate of drug-likeness (QED) is 0.583. The lowest BCUT2D eigenvalue weighted by molar-refractivity contribution is 0.101. The van der Waals surface area contributed by atoms with Crippen LogP contribution in [0.3, 0.4) is 0 Å². The van der Waals surface area contributed by atoms with Gasteiger partial charge in [-0.1, -0.05) is 41.9 Å². The average Bonchev–Trinajstić information content (AvgIpc) is 2.85. The lowest BCUT2D eigenvalue weighted by Crippen LogP contribution is -2.14. The molecule has 2 aromatic rings. The number of nitrogens with zero attached hydrogens (tertiary/aromatic N) is 3. The zero-order valence-corrected chi connectivity index (χ0v) is 15.5. The molecule has 1 atom stereocenters. The van der Waals surface area contributed by atoms with Crippen LogP contribution in [0.2, 0.25) is 5.02 Å². The van der Waals surface area contributed by atoms with Gasteiger partial charge in [-0.15, -0.1) is 0 Å². The number of halogens is 1. The number of amides is 1. The molecule has 0 fully saturated rings. The molecule has 0 bridgehead atoms. The van der Waals surface area contributed by atoms with Gasteiger partial charge in [0.1, 0.15) is 0 Å². The molecule has 0 N–H and O–H groups in total. The molecule has 0 aromatic heterocycles. The van der Waals surface area contributed by atoms with Crippen molar-refractivity contribution in [2.24, 2.45) is 9.36 Å². The monoisotopic (exact) mass is 375 g/mol. The van der Waals surface area contributed by atoms with Crippen molar-refractivity contribution >= 4 is 39.3 Å². The lowest BCUT2D eigenvalue weighted by Gasteiger charge is -2.10. The van der Waals surface area contributed by atoms with Gasteiger partial charge in [-0.3, -0.25) is 4.79 Å². The third-order valence-corrected chi connectivity index (χ3v) is 6.56. The van der Waals surface area contributed by atoms with E-state index in [2.05, 4.69) is 9.36 Å². The maximum Gasteiger partial charge on any atom is 0.288 e. The van der Waals surface area contributed by atoms with Gasteiger partial charge in [0.2, 0.25) is 0 Å². The molecule has 0 spiro atoms. The van der Waals surface area contributed by atoms with E-state index in [-0.39, 0.29) is 16.3 Å². The van der Waals surface area contributed by atoms with Crippen LogP contribution < -0.4 is 0 Å². The van der Waals surface area contributed by atoms with E-state index >= 15 is 0 Å². The number of carbonyl (C=O) groups is 1. The van der Waals surface area contributed by atoms with Crippen LogP contribution in [0, 0.1) is 0 Å². The SMILES string of the molecule is CCN(C)/C=N\c1ccc2c(c1Cl)C(=O)N=S2(=O)Cc1ccccc1. The smallest absolute Gasteiger partial charge is 0.288 e. The predicted molar refractivity (Wildman–Crippen MR) is 101 cm³/mol. The van der Waals surface area contributed by atoms with Crippen LogP contribution in [0.5, 0.6) is 0 Å². The first-order chi connectivity index (χ1) is 11.9. The summed E-state index contributed by atoms with van der Waals surface area (Å²) >= 11 is 6.37. The van der Waals surface area contributed by atoms with Gasteiger partial charge in [0.05, 0.1) is 43.0 Å². The second kappa shape index (κ2) is 6.98. The second-order valence-electron chi connectivity index (χ2n) is 5.76. The summed E-state index contributed by atoms with van der Waals surface area (Å²) in [5, 5.41) is 0.199. The predicted octanol–water partition coefficient (Wildman–Crippen LogP) is 4.13. The van der Waals surface area contributed by atoms with Gasteiger partial charge in [-0.05, 0) is 24.6 Å². The Morgan fingerprint density at radius 2 is 1.96 bits per heavy atom. The maximum absolute atomic E-state index is 13.3. The van der Waals surface area contributed by atoms with Crippen molar-refractivity contribution in [2.75, 3.05) is 13.6 Å². The molecule has 1 amide bonds. The molecule has 25 heavy (non-hydrogen) atoms. The lowest BCUT2D eigenvalue weighted by atomic mass is 10.2. The van der Waals surface area contributed by atoms with Crippen LogP contribution in [0.25, 0.3) is 0 Å². The van der Waals surface area contributed by atoms with Crippen LogP contribution in [-0.4, -0.2) is 34.9 Å². The van der Waals surface area contributed by atoms with Crippen LogP contribution in [0.1, 0.15) is 22.8 Å². The van der Waals surface area contributed by atoms with E-state index in [0.717, 1.165) is 12.1 Å². The van der Waals surface area contributed by atoms with E-state index in [1.807, 2.05) is 49.2 Å². The van der Waals surface area contributed by atoms with Gasteiger partial charge >= 0.3 is 0 Å². The van der Waals surface area contributed by atoms with Crippen LogP contribution in [-0.2, 0) is 15.5 Å². The minimum absolute atomic E-state index is 0.185. The second-order valence-corrected chi connectivity index (χ2v) is 8.33. The Labute approximate surface area is 152 Å². The molecule has 130 valence electrons. The van der Waals surface area contributed by atoms with Gasteiger partial charge in [0.25, 0.3) is 5.91 Å². The molecule has 0 radical (unpaired) electrons. The van der Waals surface area contributed by atoms with Gasteiger partial charge in [-0.25, -0.2) is 9.20 Å². The van der Waals surface area contributed by atoms with Crippen molar-refractivity contribution in [3.05, 3.63) is 58.6 Å². The molecular formula is C18H18ClN3O2S. The average molecular weight is 376 g/mol. The van der Waals surface area contributed by atoms with Crippen molar-refractivity contribution < 1.29 is 9.00 Å². The molecule has 1 aliphatic rings. The molecule has 1 heterocycles. The molecule has 7 heteroatoms. The van der Waals surface area contributed by atoms with E-state index in [1.54, 1.807) is 18.5 Å². The van der Waals surface area contributed by atoms with Gasteiger partial charge in [0, 0.05) is 13.6 Å². The van der Waals surface area contributed by atoms with Crippen molar-refractivity contribution in [2.45, 2.75) is 17.6 Å². The van der Waals surface area contributed by atoms with Crippen LogP contribution in [0.4, 0.5) is 5.69 Å². The number of fused-ring (bicyclic) bond motifs is 1. The van der Waals surface area contributed by atoms with E-state index in [4.69, 9.17) is 11.6 Å². The first-order valence-electron chi connectivity index (χ1n) is 7.84. The Bertz CT molecular complexity index is 964. The standard InChI is InChI=1S/C18H18ClN3O2S/c1-3-22(2)12-20-14-9-10-15-16(17(14)19)18(23)21-25(15,24)11-13-7-5-4-6-8-13/h4-10,12H,3,11H2,1-2H3/b20-12-. The number of rotatable bonds is 5. The molecule has 0 aliphatic carbocycles. The van der Waals surface area contributed by atoms with Crippen molar-refractivity contribution in [1.82, 2.24) is 4.90 Å². The Morgan fingerprint density at radius 1 is 1.24 bits per heavy atom. The number of hydrogen-bond acceptors (Lipinski definition) is 3. The summed E-state index contributed by atoms with van der Waals surface area (Å²) in [5.74, 6) is -0.355. The third kappa shape index (κ3) is 3.45. The summed E-state index contributed by atoms with van der Waals surface area (Å²) in [6.07, 6.45) is 1.64. The zero-order chi connectivity index (χ0) is 18.0. The highest BCUT2D eigenvalue weighted by molar-refractivity contribution is 7.93. The molecule has 0 saturated heterocycles. The topological polar surface area (TPSA) is 62.1 Å². The van der Waals surface area contributed by atoms with Gasteiger partial charge < -0.3 is 4.90 Å². The minimum atomic E-state index is -2.86. The Hall–Kier alpha value is -2.18. The Balaban J connectivity index is 2.02. The molecule has 3 rings (SSSR count). The highest BCUT2D eigenvalue weighted by Gasteiger charge is 2.32. The van der Waals surface area contributed by atoms with E-state index in [9.17, 15) is 9.00 Å². The summed E-state index contributed by atoms with van der Waals surface area (Å²) in [5.41, 5.74) is 1.53. The van der Waals surface area contributed by atoms with Crippen molar-refractivity contribution in [3.63, 3.8) is 0 Å². The number of benzene rings is 2. The van der Waals surface area contributed by atoms with Crippen molar-refractivity contribution in [3.8, 4) is 0 Å². The van der Waals surface area contributed by atoms with E-state index < -0.39 is 15.6 Å². The summed E-state index contributed by atoms with van der Waals surface area (Å²) in [6, 6.07) is 12.7.